The van der Waals surface area contributed by atoms with Gasteiger partial charge in [0, 0.05) is 25.5 Å². The number of amides is 1. The predicted octanol–water partition coefficient (Wildman–Crippen LogP) is 4.19. The molecule has 0 saturated carbocycles. The number of nitrogens with zero attached hydrogens (tertiary/aromatic N) is 3. The van der Waals surface area contributed by atoms with Gasteiger partial charge in [-0.3, -0.25) is 9.59 Å². The average Bonchev–Trinajstić information content (AvgIpc) is 2.87. The van der Waals surface area contributed by atoms with E-state index in [0.29, 0.717) is 30.5 Å². The number of fused-ring (bicyclic) bond motifs is 1. The van der Waals surface area contributed by atoms with Crippen molar-refractivity contribution in [3.05, 3.63) is 70.1 Å². The number of carbonyl (C=O) groups is 2. The molecule has 8 nitrogen and oxygen atoms in total. The number of hydrogen-bond donors (Lipinski definition) is 0. The van der Waals surface area contributed by atoms with E-state index in [2.05, 4.69) is 12.0 Å². The van der Waals surface area contributed by atoms with Gasteiger partial charge in [-0.25, -0.2) is 9.48 Å². The molecule has 0 atom stereocenters. The van der Waals surface area contributed by atoms with E-state index >= 15 is 0 Å². The van der Waals surface area contributed by atoms with Gasteiger partial charge in [-0.1, -0.05) is 56.5 Å². The number of esters is 1. The van der Waals surface area contributed by atoms with Crippen molar-refractivity contribution in [1.29, 1.82) is 0 Å². The van der Waals surface area contributed by atoms with Gasteiger partial charge in [0.25, 0.3) is 11.5 Å². The maximum Gasteiger partial charge on any atom is 0.359 e. The fraction of sp³-hybridized carbons (Fsp3) is 0.407. The Hall–Kier alpha value is -3.68. The molecule has 0 bridgehead atoms. The van der Waals surface area contributed by atoms with Crippen LogP contribution in [0, 0.1) is 0 Å². The van der Waals surface area contributed by atoms with E-state index in [-0.39, 0.29) is 17.2 Å². The zero-order valence-corrected chi connectivity index (χ0v) is 20.7. The van der Waals surface area contributed by atoms with Gasteiger partial charge in [-0.15, -0.1) is 0 Å². The van der Waals surface area contributed by atoms with Crippen molar-refractivity contribution in [2.45, 2.75) is 52.6 Å². The van der Waals surface area contributed by atoms with Crippen LogP contribution in [-0.2, 0) is 22.6 Å². The molecule has 1 heterocycles. The van der Waals surface area contributed by atoms with Crippen LogP contribution in [0.2, 0.25) is 0 Å². The van der Waals surface area contributed by atoms with Crippen molar-refractivity contribution in [3.63, 3.8) is 0 Å². The lowest BCUT2D eigenvalue weighted by Gasteiger charge is -2.17. The lowest BCUT2D eigenvalue weighted by atomic mass is 10.1. The Bertz CT molecular complexity index is 1200. The highest BCUT2D eigenvalue weighted by atomic mass is 16.5. The summed E-state index contributed by atoms with van der Waals surface area (Å²) in [7, 11) is 1.65. The minimum Gasteiger partial charge on any atom is -0.494 e. The lowest BCUT2D eigenvalue weighted by Crippen LogP contribution is -2.31. The highest BCUT2D eigenvalue weighted by Gasteiger charge is 2.20. The summed E-state index contributed by atoms with van der Waals surface area (Å²) in [5.41, 5.74) is 0.732. The first-order valence-corrected chi connectivity index (χ1v) is 12.1. The topological polar surface area (TPSA) is 90.7 Å². The number of hydrogen-bond acceptors (Lipinski definition) is 6. The number of likely N-dealkylation sites (N-methyl/N-ethyl adjacent to an activating group) is 1. The second kappa shape index (κ2) is 12.7. The summed E-state index contributed by atoms with van der Waals surface area (Å²) >= 11 is 0. The SMILES string of the molecule is CCCCCCn1nc(C(=O)OCC(=O)N(C)Cc2ccc(OCC)cc2)c2ccccc2c1=O. The summed E-state index contributed by atoms with van der Waals surface area (Å²) in [5, 5.41) is 5.13. The molecule has 1 amide bonds. The molecule has 0 saturated heterocycles. The molecular formula is C27H33N3O5. The number of benzene rings is 2. The fourth-order valence-corrected chi connectivity index (χ4v) is 3.75. The Kier molecular flexibility index (Phi) is 9.40. The summed E-state index contributed by atoms with van der Waals surface area (Å²) in [6.07, 6.45) is 3.93. The van der Waals surface area contributed by atoms with Gasteiger partial charge >= 0.3 is 5.97 Å². The van der Waals surface area contributed by atoms with Crippen molar-refractivity contribution in [1.82, 2.24) is 14.7 Å². The lowest BCUT2D eigenvalue weighted by molar-refractivity contribution is -0.133. The van der Waals surface area contributed by atoms with Crippen molar-refractivity contribution >= 4 is 22.6 Å². The van der Waals surface area contributed by atoms with Crippen molar-refractivity contribution in [2.24, 2.45) is 0 Å². The predicted molar refractivity (Wildman–Crippen MR) is 135 cm³/mol. The first kappa shape index (κ1) is 25.9. The molecule has 35 heavy (non-hydrogen) atoms. The largest absolute Gasteiger partial charge is 0.494 e. The van der Waals surface area contributed by atoms with Crippen molar-refractivity contribution in [3.8, 4) is 5.75 Å². The number of rotatable bonds is 12. The number of unbranched alkanes of at least 4 members (excludes halogenated alkanes) is 3. The molecule has 0 aliphatic rings. The third-order valence-corrected chi connectivity index (χ3v) is 5.69. The quantitative estimate of drug-likeness (QED) is 0.286. The van der Waals surface area contributed by atoms with Crippen LogP contribution in [0.3, 0.4) is 0 Å². The zero-order chi connectivity index (χ0) is 25.2. The number of carbonyl (C=O) groups excluding carboxylic acids is 2. The average molecular weight is 480 g/mol. The molecule has 3 aromatic rings. The Morgan fingerprint density at radius 3 is 2.37 bits per heavy atom. The van der Waals surface area contributed by atoms with Crippen LogP contribution in [0.5, 0.6) is 5.75 Å². The third kappa shape index (κ3) is 6.91. The molecule has 186 valence electrons. The number of ether oxygens (including phenoxy) is 2. The zero-order valence-electron chi connectivity index (χ0n) is 20.7. The number of aromatic nitrogens is 2. The van der Waals surface area contributed by atoms with Gasteiger partial charge in [-0.2, -0.15) is 5.10 Å². The monoisotopic (exact) mass is 479 g/mol. The first-order valence-electron chi connectivity index (χ1n) is 12.1. The number of aryl methyl sites for hydroxylation is 1. The molecular weight excluding hydrogens is 446 g/mol. The van der Waals surface area contributed by atoms with E-state index < -0.39 is 12.6 Å². The molecule has 0 N–H and O–H groups in total. The van der Waals surface area contributed by atoms with E-state index in [1.165, 1.54) is 9.58 Å². The van der Waals surface area contributed by atoms with Gasteiger partial charge < -0.3 is 14.4 Å². The smallest absolute Gasteiger partial charge is 0.359 e. The van der Waals surface area contributed by atoms with Crippen LogP contribution in [0.1, 0.15) is 55.6 Å². The molecule has 8 heteroatoms. The molecule has 0 unspecified atom stereocenters. The highest BCUT2D eigenvalue weighted by Crippen LogP contribution is 2.16. The van der Waals surface area contributed by atoms with Gasteiger partial charge in [0.15, 0.2) is 12.3 Å². The summed E-state index contributed by atoms with van der Waals surface area (Å²) in [6.45, 7) is 5.00. The minimum atomic E-state index is -0.730. The highest BCUT2D eigenvalue weighted by molar-refractivity contribution is 6.02. The van der Waals surface area contributed by atoms with E-state index in [1.807, 2.05) is 31.2 Å². The summed E-state index contributed by atoms with van der Waals surface area (Å²) in [6, 6.07) is 14.3. The van der Waals surface area contributed by atoms with Gasteiger partial charge in [0.1, 0.15) is 5.75 Å². The normalized spacial score (nSPS) is 10.8. The van der Waals surface area contributed by atoms with E-state index in [0.717, 1.165) is 37.0 Å². The van der Waals surface area contributed by atoms with Crippen LogP contribution < -0.4 is 10.3 Å². The molecule has 2 aromatic carbocycles. The third-order valence-electron chi connectivity index (χ3n) is 5.69. The van der Waals surface area contributed by atoms with Crippen LogP contribution in [-0.4, -0.2) is 46.8 Å². The first-order chi connectivity index (χ1) is 16.9. The van der Waals surface area contributed by atoms with Crippen LogP contribution in [0.4, 0.5) is 0 Å². The molecule has 0 radical (unpaired) electrons. The van der Waals surface area contributed by atoms with Crippen molar-refractivity contribution < 1.29 is 19.1 Å². The Morgan fingerprint density at radius 2 is 1.69 bits per heavy atom. The summed E-state index contributed by atoms with van der Waals surface area (Å²) in [5.74, 6) is -0.304. The maximum atomic E-state index is 12.9. The molecule has 0 spiro atoms. The second-order valence-corrected chi connectivity index (χ2v) is 8.39. The van der Waals surface area contributed by atoms with Crippen LogP contribution in [0.25, 0.3) is 10.8 Å². The standard InChI is InChI=1S/C27H33N3O5/c1-4-6-7-10-17-30-26(32)23-12-9-8-11-22(23)25(28-30)27(33)35-19-24(31)29(3)18-20-13-15-21(16-14-20)34-5-2/h8-9,11-16H,4-7,10,17-19H2,1-3H3. The van der Waals surface area contributed by atoms with E-state index in [1.54, 1.807) is 31.3 Å². The molecule has 0 aliphatic heterocycles. The van der Waals surface area contributed by atoms with E-state index in [9.17, 15) is 14.4 Å². The fourth-order valence-electron chi connectivity index (χ4n) is 3.75. The van der Waals surface area contributed by atoms with Gasteiger partial charge in [0.05, 0.1) is 12.0 Å². The Balaban J connectivity index is 1.67. The van der Waals surface area contributed by atoms with E-state index in [4.69, 9.17) is 9.47 Å². The molecule has 1 aromatic heterocycles. The van der Waals surface area contributed by atoms with Gasteiger partial charge in [-0.05, 0) is 37.1 Å². The Labute approximate surface area is 205 Å². The van der Waals surface area contributed by atoms with Crippen LogP contribution >= 0.6 is 0 Å². The van der Waals surface area contributed by atoms with Gasteiger partial charge in [0.2, 0.25) is 0 Å². The second-order valence-electron chi connectivity index (χ2n) is 8.39. The van der Waals surface area contributed by atoms with Crippen molar-refractivity contribution in [2.75, 3.05) is 20.3 Å². The van der Waals surface area contributed by atoms with Crippen LogP contribution in [0.15, 0.2) is 53.3 Å². The molecule has 0 fully saturated rings. The maximum absolute atomic E-state index is 12.9. The summed E-state index contributed by atoms with van der Waals surface area (Å²) < 4.78 is 12.1. The minimum absolute atomic E-state index is 0.0395. The summed E-state index contributed by atoms with van der Waals surface area (Å²) in [4.78, 5) is 39.8. The molecule has 0 aliphatic carbocycles. The Morgan fingerprint density at radius 1 is 0.971 bits per heavy atom. The molecule has 3 rings (SSSR count).